The molecule has 0 aliphatic carbocycles. The second kappa shape index (κ2) is 12.7. The first-order valence-electron chi connectivity index (χ1n) is 13.6. The van der Waals surface area contributed by atoms with Crippen LogP contribution in [0.1, 0.15) is 29.1 Å². The number of aliphatic carboxylic acids is 2. The first-order chi connectivity index (χ1) is 21.5. The third-order valence-corrected chi connectivity index (χ3v) is 7.48. The van der Waals surface area contributed by atoms with E-state index >= 15 is 4.39 Å². The number of anilines is 1. The van der Waals surface area contributed by atoms with Crippen LogP contribution in [0.15, 0.2) is 54.9 Å². The van der Waals surface area contributed by atoms with Crippen molar-refractivity contribution >= 4 is 46.5 Å². The van der Waals surface area contributed by atoms with E-state index in [4.69, 9.17) is 31.5 Å². The average molecular weight is 644 g/mol. The Labute approximate surface area is 259 Å². The maximum absolute atomic E-state index is 15.3. The molecular weight excluding hydrogens is 617 g/mol. The Balaban J connectivity index is 1.35. The SMILES string of the molecule is CCOC(=O)c1ccccc1-c1ccc(CC(OC[C@H]2O[C@@H](n3cnc4c(N)nc(Cl)nc43)[C@@H](F)[C@@H]2O)(C(=O)O)C(=O)O)cc1. The van der Waals surface area contributed by atoms with Gasteiger partial charge in [-0.25, -0.2) is 23.8 Å². The van der Waals surface area contributed by atoms with E-state index in [1.807, 2.05) is 0 Å². The standard InChI is InChI=1S/C29H27ClFN5O9/c1-2-43-25(38)17-6-4-3-5-16(17)15-9-7-14(8-10-15)11-29(26(39)40,27(41)42)44-12-18-21(37)19(31)24(45-18)36-13-33-20-22(32)34-28(30)35-23(20)36/h3-10,13,18-19,21,24,37H,2,11-12H2,1H3,(H,39,40)(H,41,42)(H2,32,34,35)/t18-,19+,21-,24-/m1/s1. The molecule has 236 valence electrons. The minimum atomic E-state index is -2.83. The molecule has 3 heterocycles. The molecule has 0 amide bonds. The number of nitrogen functional groups attached to an aromatic ring is 1. The average Bonchev–Trinajstić information content (AvgIpc) is 3.55. The van der Waals surface area contributed by atoms with Crippen LogP contribution in [0.3, 0.4) is 0 Å². The molecule has 1 aliphatic heterocycles. The summed E-state index contributed by atoms with van der Waals surface area (Å²) >= 11 is 5.87. The molecular formula is C29H27ClFN5O9. The zero-order valence-electron chi connectivity index (χ0n) is 23.5. The highest BCUT2D eigenvalue weighted by atomic mass is 35.5. The third-order valence-electron chi connectivity index (χ3n) is 7.31. The summed E-state index contributed by atoms with van der Waals surface area (Å²) < 4.78 is 32.6. The lowest BCUT2D eigenvalue weighted by atomic mass is 9.92. The summed E-state index contributed by atoms with van der Waals surface area (Å²) in [6.45, 7) is 1.08. The van der Waals surface area contributed by atoms with Crippen LogP contribution >= 0.6 is 11.6 Å². The van der Waals surface area contributed by atoms with Gasteiger partial charge in [0, 0.05) is 6.42 Å². The van der Waals surface area contributed by atoms with Crippen molar-refractivity contribution in [2.24, 2.45) is 0 Å². The molecule has 14 nitrogen and oxygen atoms in total. The van der Waals surface area contributed by atoms with Gasteiger partial charge in [-0.1, -0.05) is 42.5 Å². The number of imidazole rings is 1. The lowest BCUT2D eigenvalue weighted by Gasteiger charge is -2.27. The fourth-order valence-corrected chi connectivity index (χ4v) is 5.19. The summed E-state index contributed by atoms with van der Waals surface area (Å²) in [5.41, 5.74) is 4.85. The highest BCUT2D eigenvalue weighted by Crippen LogP contribution is 2.35. The molecule has 0 bridgehead atoms. The van der Waals surface area contributed by atoms with Crippen LogP contribution in [0.5, 0.6) is 0 Å². The molecule has 0 radical (unpaired) electrons. The fraction of sp³-hybridized carbons (Fsp3) is 0.310. The number of carbonyl (C=O) groups is 3. The summed E-state index contributed by atoms with van der Waals surface area (Å²) in [4.78, 5) is 48.9. The first kappa shape index (κ1) is 31.7. The van der Waals surface area contributed by atoms with Gasteiger partial charge in [0.2, 0.25) is 5.28 Å². The topological polar surface area (TPSA) is 209 Å². The number of ether oxygens (including phenoxy) is 3. The predicted octanol–water partition coefficient (Wildman–Crippen LogP) is 2.67. The van der Waals surface area contributed by atoms with Gasteiger partial charge in [-0.3, -0.25) is 4.57 Å². The molecule has 2 aromatic heterocycles. The van der Waals surface area contributed by atoms with Crippen LogP contribution in [-0.2, 0) is 30.2 Å². The van der Waals surface area contributed by atoms with Crippen LogP contribution in [0.2, 0.25) is 5.28 Å². The van der Waals surface area contributed by atoms with E-state index in [1.165, 1.54) is 12.1 Å². The van der Waals surface area contributed by atoms with Gasteiger partial charge < -0.3 is 35.3 Å². The van der Waals surface area contributed by atoms with E-state index in [-0.39, 0.29) is 34.4 Å². The number of nitrogens with two attached hydrogens (primary N) is 1. The maximum atomic E-state index is 15.3. The van der Waals surface area contributed by atoms with Crippen LogP contribution in [0.25, 0.3) is 22.3 Å². The molecule has 0 saturated carbocycles. The number of halogens is 2. The molecule has 2 aromatic carbocycles. The van der Waals surface area contributed by atoms with Crippen LogP contribution in [-0.4, -0.2) is 89.9 Å². The number of nitrogens with zero attached hydrogens (tertiary/aromatic N) is 4. The number of esters is 1. The highest BCUT2D eigenvalue weighted by Gasteiger charge is 2.52. The van der Waals surface area contributed by atoms with Gasteiger partial charge in [0.25, 0.3) is 5.60 Å². The lowest BCUT2D eigenvalue weighted by Crippen LogP contribution is -2.52. The molecule has 4 atom stereocenters. The lowest BCUT2D eigenvalue weighted by molar-refractivity contribution is -0.190. The van der Waals surface area contributed by atoms with Gasteiger partial charge in [0.1, 0.15) is 17.7 Å². The Hall–Kier alpha value is -4.70. The molecule has 1 fully saturated rings. The van der Waals surface area contributed by atoms with Crippen molar-refractivity contribution in [1.82, 2.24) is 19.5 Å². The second-order valence-corrected chi connectivity index (χ2v) is 10.4. The number of hydrogen-bond donors (Lipinski definition) is 4. The van der Waals surface area contributed by atoms with E-state index < -0.39 is 61.1 Å². The van der Waals surface area contributed by atoms with Crippen LogP contribution in [0, 0.1) is 0 Å². The molecule has 16 heteroatoms. The number of aromatic nitrogens is 4. The normalized spacial score (nSPS) is 19.9. The number of aliphatic hydroxyl groups excluding tert-OH is 1. The Morgan fingerprint density at radius 2 is 1.80 bits per heavy atom. The van der Waals surface area contributed by atoms with E-state index in [0.717, 1.165) is 10.9 Å². The van der Waals surface area contributed by atoms with Gasteiger partial charge in [0.15, 0.2) is 23.9 Å². The van der Waals surface area contributed by atoms with Gasteiger partial charge in [-0.15, -0.1) is 0 Å². The van der Waals surface area contributed by atoms with Crippen molar-refractivity contribution < 1.29 is 48.3 Å². The number of aliphatic hydroxyl groups is 1. The Morgan fingerprint density at radius 1 is 1.11 bits per heavy atom. The predicted molar refractivity (Wildman–Crippen MR) is 155 cm³/mol. The molecule has 5 rings (SSSR count). The van der Waals surface area contributed by atoms with E-state index in [0.29, 0.717) is 16.7 Å². The smallest absolute Gasteiger partial charge is 0.348 e. The van der Waals surface area contributed by atoms with Crippen molar-refractivity contribution in [2.45, 2.75) is 43.6 Å². The van der Waals surface area contributed by atoms with Gasteiger partial charge in [-0.2, -0.15) is 9.97 Å². The quantitative estimate of drug-likeness (QED) is 0.105. The van der Waals surface area contributed by atoms with Crippen molar-refractivity contribution in [2.75, 3.05) is 18.9 Å². The fourth-order valence-electron chi connectivity index (χ4n) is 5.02. The van der Waals surface area contributed by atoms with Crippen molar-refractivity contribution in [3.05, 3.63) is 71.3 Å². The largest absolute Gasteiger partial charge is 0.479 e. The van der Waals surface area contributed by atoms with Crippen molar-refractivity contribution in [3.8, 4) is 11.1 Å². The van der Waals surface area contributed by atoms with Crippen LogP contribution in [0.4, 0.5) is 10.2 Å². The number of carboxylic acids is 2. The first-order valence-corrected chi connectivity index (χ1v) is 13.9. The molecule has 1 aliphatic rings. The maximum Gasteiger partial charge on any atom is 0.348 e. The second-order valence-electron chi connectivity index (χ2n) is 10.1. The molecule has 0 spiro atoms. The minimum absolute atomic E-state index is 0.0210. The number of hydrogen-bond acceptors (Lipinski definition) is 11. The molecule has 1 saturated heterocycles. The van der Waals surface area contributed by atoms with Gasteiger partial charge in [-0.05, 0) is 41.3 Å². The number of benzene rings is 2. The highest BCUT2D eigenvalue weighted by molar-refractivity contribution is 6.28. The summed E-state index contributed by atoms with van der Waals surface area (Å²) in [7, 11) is 0. The number of rotatable bonds is 11. The number of carbonyl (C=O) groups excluding carboxylic acids is 1. The molecule has 45 heavy (non-hydrogen) atoms. The number of carboxylic acid groups (broad SMARTS) is 2. The van der Waals surface area contributed by atoms with Gasteiger partial charge >= 0.3 is 17.9 Å². The summed E-state index contributed by atoms with van der Waals surface area (Å²) in [5, 5.41) is 30.4. The Kier molecular flexibility index (Phi) is 8.97. The Bertz CT molecular complexity index is 1740. The number of alkyl halides is 1. The van der Waals surface area contributed by atoms with Crippen molar-refractivity contribution in [3.63, 3.8) is 0 Å². The molecule has 5 N–H and O–H groups in total. The molecule has 4 aromatic rings. The summed E-state index contributed by atoms with van der Waals surface area (Å²) in [6.07, 6.45) is -6.35. The summed E-state index contributed by atoms with van der Waals surface area (Å²) in [5.74, 6) is -4.23. The summed E-state index contributed by atoms with van der Waals surface area (Å²) in [6, 6.07) is 12.9. The van der Waals surface area contributed by atoms with E-state index in [2.05, 4.69) is 15.0 Å². The van der Waals surface area contributed by atoms with E-state index in [1.54, 1.807) is 43.3 Å². The molecule has 0 unspecified atom stereocenters. The monoisotopic (exact) mass is 643 g/mol. The van der Waals surface area contributed by atoms with Crippen LogP contribution < -0.4 is 5.73 Å². The van der Waals surface area contributed by atoms with E-state index in [9.17, 15) is 29.7 Å². The minimum Gasteiger partial charge on any atom is -0.479 e. The number of fused-ring (bicyclic) bond motifs is 1. The third kappa shape index (κ3) is 6.02. The van der Waals surface area contributed by atoms with Crippen molar-refractivity contribution in [1.29, 1.82) is 0 Å². The zero-order chi connectivity index (χ0) is 32.5. The zero-order valence-corrected chi connectivity index (χ0v) is 24.3. The van der Waals surface area contributed by atoms with Gasteiger partial charge in [0.05, 0.1) is 25.1 Å². The Morgan fingerprint density at radius 3 is 2.47 bits per heavy atom.